The minimum absolute atomic E-state index is 0.464. The van der Waals surface area contributed by atoms with Crippen LogP contribution in [0.3, 0.4) is 0 Å². The highest BCUT2D eigenvalue weighted by molar-refractivity contribution is 6.32. The van der Waals surface area contributed by atoms with E-state index in [1.54, 1.807) is 0 Å². The Kier molecular flexibility index (Phi) is 1.87. The van der Waals surface area contributed by atoms with Crippen molar-refractivity contribution in [1.82, 2.24) is 0 Å². The second-order valence-electron chi connectivity index (χ2n) is 4.59. The van der Waals surface area contributed by atoms with Crippen LogP contribution in [0, 0.1) is 6.92 Å². The van der Waals surface area contributed by atoms with Gasteiger partial charge in [-0.1, -0.05) is 35.8 Å². The van der Waals surface area contributed by atoms with Gasteiger partial charge in [-0.05, 0) is 29.2 Å². The molecule has 2 heteroatoms. The zero-order valence-electron chi connectivity index (χ0n) is 9.54. The largest absolute Gasteiger partial charge is 0.507 e. The molecule has 3 rings (SSSR count). The first-order valence-electron chi connectivity index (χ1n) is 5.58. The van der Waals surface area contributed by atoms with Crippen molar-refractivity contribution in [3.05, 3.63) is 47.0 Å². The molecular formula is C14H13BO. The van der Waals surface area contributed by atoms with Gasteiger partial charge in [0.25, 0.3) is 0 Å². The maximum atomic E-state index is 10.1. The Morgan fingerprint density at radius 2 is 1.94 bits per heavy atom. The molecular weight excluding hydrogens is 195 g/mol. The molecule has 0 amide bonds. The molecule has 1 nitrogen and oxygen atoms in total. The molecule has 78 valence electrons. The molecule has 0 aromatic heterocycles. The van der Waals surface area contributed by atoms with Gasteiger partial charge in [0.2, 0.25) is 0 Å². The fourth-order valence-corrected chi connectivity index (χ4v) is 2.47. The number of rotatable bonds is 0. The molecule has 2 aromatic rings. The molecule has 0 unspecified atom stereocenters. The fourth-order valence-electron chi connectivity index (χ4n) is 2.47. The van der Waals surface area contributed by atoms with Crippen LogP contribution in [0.25, 0.3) is 11.1 Å². The van der Waals surface area contributed by atoms with Crippen LogP contribution in [0.1, 0.15) is 16.7 Å². The van der Waals surface area contributed by atoms with E-state index in [9.17, 15) is 5.11 Å². The molecule has 16 heavy (non-hydrogen) atoms. The van der Waals surface area contributed by atoms with Crippen molar-refractivity contribution in [2.75, 3.05) is 0 Å². The molecule has 0 bridgehead atoms. The maximum Gasteiger partial charge on any atom is 0.139 e. The average Bonchev–Trinajstić information content (AvgIpc) is 2.62. The number of aromatic hydroxyl groups is 1. The summed E-state index contributed by atoms with van der Waals surface area (Å²) in [4.78, 5) is 0. The molecule has 2 aromatic carbocycles. The van der Waals surface area contributed by atoms with Crippen molar-refractivity contribution in [1.29, 1.82) is 0 Å². The van der Waals surface area contributed by atoms with Gasteiger partial charge in [-0.25, -0.2) is 0 Å². The standard InChI is InChI=1S/C14H13BO/c1-8-2-5-11-12-7-10(15)4-3-9(12)6-13(11)14(8)16/h2-5,7,16H,6,15H2,1H3. The quantitative estimate of drug-likeness (QED) is 0.555. The second-order valence-corrected chi connectivity index (χ2v) is 4.59. The summed E-state index contributed by atoms with van der Waals surface area (Å²) in [5, 5.41) is 10.1. The topological polar surface area (TPSA) is 20.2 Å². The molecule has 0 radical (unpaired) electrons. The van der Waals surface area contributed by atoms with Crippen molar-refractivity contribution in [3.63, 3.8) is 0 Å². The predicted molar refractivity (Wildman–Crippen MR) is 69.3 cm³/mol. The Balaban J connectivity index is 2.30. The number of phenolic OH excluding ortho intramolecular Hbond substituents is 1. The van der Waals surface area contributed by atoms with E-state index in [2.05, 4.69) is 32.1 Å². The Morgan fingerprint density at radius 1 is 1.12 bits per heavy atom. The van der Waals surface area contributed by atoms with E-state index < -0.39 is 0 Å². The molecule has 0 saturated carbocycles. The lowest BCUT2D eigenvalue weighted by Crippen LogP contribution is -2.01. The van der Waals surface area contributed by atoms with Crippen LogP contribution in [0.4, 0.5) is 0 Å². The van der Waals surface area contributed by atoms with Gasteiger partial charge in [0.1, 0.15) is 13.6 Å². The van der Waals surface area contributed by atoms with Gasteiger partial charge in [0.15, 0.2) is 0 Å². The third kappa shape index (κ3) is 1.19. The Labute approximate surface area is 96.2 Å². The van der Waals surface area contributed by atoms with Crippen LogP contribution >= 0.6 is 0 Å². The number of phenols is 1. The highest BCUT2D eigenvalue weighted by atomic mass is 16.3. The average molecular weight is 208 g/mol. The van der Waals surface area contributed by atoms with Gasteiger partial charge >= 0.3 is 0 Å². The summed E-state index contributed by atoms with van der Waals surface area (Å²) in [7, 11) is 2.10. The summed E-state index contributed by atoms with van der Waals surface area (Å²) in [6.45, 7) is 1.95. The van der Waals surface area contributed by atoms with Gasteiger partial charge in [-0.2, -0.15) is 0 Å². The number of aryl methyl sites for hydroxylation is 1. The van der Waals surface area contributed by atoms with Gasteiger partial charge in [-0.15, -0.1) is 0 Å². The molecule has 1 aliphatic carbocycles. The van der Waals surface area contributed by atoms with E-state index in [0.717, 1.165) is 17.5 Å². The monoisotopic (exact) mass is 208 g/mol. The first kappa shape index (κ1) is 9.53. The minimum Gasteiger partial charge on any atom is -0.507 e. The highest BCUT2D eigenvalue weighted by Gasteiger charge is 2.21. The van der Waals surface area contributed by atoms with Crippen LogP contribution in [-0.2, 0) is 6.42 Å². The third-order valence-corrected chi connectivity index (χ3v) is 3.41. The summed E-state index contributed by atoms with van der Waals surface area (Å²) in [5.74, 6) is 0.464. The van der Waals surface area contributed by atoms with Crippen molar-refractivity contribution >= 4 is 13.3 Å². The van der Waals surface area contributed by atoms with E-state index in [4.69, 9.17) is 0 Å². The van der Waals surface area contributed by atoms with Crippen LogP contribution in [-0.4, -0.2) is 13.0 Å². The lowest BCUT2D eigenvalue weighted by molar-refractivity contribution is 0.466. The summed E-state index contributed by atoms with van der Waals surface area (Å²) in [5.41, 5.74) is 7.11. The molecule has 0 fully saturated rings. The zero-order valence-corrected chi connectivity index (χ0v) is 9.54. The molecule has 0 atom stereocenters. The van der Waals surface area contributed by atoms with Crippen LogP contribution in [0.15, 0.2) is 30.3 Å². The van der Waals surface area contributed by atoms with Crippen LogP contribution < -0.4 is 5.46 Å². The molecule has 0 aliphatic heterocycles. The SMILES string of the molecule is Bc1ccc2c(c1)-c1ccc(C)c(O)c1C2. The van der Waals surface area contributed by atoms with E-state index in [-0.39, 0.29) is 0 Å². The van der Waals surface area contributed by atoms with E-state index in [1.807, 2.05) is 13.0 Å². The van der Waals surface area contributed by atoms with Crippen LogP contribution in [0.5, 0.6) is 5.75 Å². The maximum absolute atomic E-state index is 10.1. The minimum atomic E-state index is 0.464. The summed E-state index contributed by atoms with van der Waals surface area (Å²) >= 11 is 0. The first-order chi connectivity index (χ1) is 7.66. The lowest BCUT2D eigenvalue weighted by Gasteiger charge is -2.05. The number of benzene rings is 2. The Hall–Kier alpha value is -1.70. The summed E-state index contributed by atoms with van der Waals surface area (Å²) < 4.78 is 0. The van der Waals surface area contributed by atoms with Crippen LogP contribution in [0.2, 0.25) is 0 Å². The molecule has 0 saturated heterocycles. The number of hydrogen-bond donors (Lipinski definition) is 1. The third-order valence-electron chi connectivity index (χ3n) is 3.41. The van der Waals surface area contributed by atoms with E-state index in [1.165, 1.54) is 22.2 Å². The number of fused-ring (bicyclic) bond motifs is 3. The Morgan fingerprint density at radius 3 is 2.75 bits per heavy atom. The molecule has 0 heterocycles. The van der Waals surface area contributed by atoms with Gasteiger partial charge in [0, 0.05) is 12.0 Å². The fraction of sp³-hybridized carbons (Fsp3) is 0.143. The number of hydrogen-bond acceptors (Lipinski definition) is 1. The smallest absolute Gasteiger partial charge is 0.139 e. The summed E-state index contributed by atoms with van der Waals surface area (Å²) in [6.07, 6.45) is 0.860. The van der Waals surface area contributed by atoms with Gasteiger partial charge in [-0.3, -0.25) is 0 Å². The van der Waals surface area contributed by atoms with E-state index >= 15 is 0 Å². The zero-order chi connectivity index (χ0) is 11.3. The van der Waals surface area contributed by atoms with Crippen molar-refractivity contribution < 1.29 is 5.11 Å². The van der Waals surface area contributed by atoms with Crippen molar-refractivity contribution in [3.8, 4) is 16.9 Å². The van der Waals surface area contributed by atoms with Crippen molar-refractivity contribution in [2.24, 2.45) is 0 Å². The highest BCUT2D eigenvalue weighted by Crippen LogP contribution is 2.41. The Bertz CT molecular complexity index is 588. The lowest BCUT2D eigenvalue weighted by atomic mass is 9.92. The van der Waals surface area contributed by atoms with Gasteiger partial charge in [0.05, 0.1) is 0 Å². The van der Waals surface area contributed by atoms with Crippen molar-refractivity contribution in [2.45, 2.75) is 13.3 Å². The summed E-state index contributed by atoms with van der Waals surface area (Å²) in [6, 6.07) is 10.6. The van der Waals surface area contributed by atoms with E-state index in [0.29, 0.717) is 5.75 Å². The molecule has 1 aliphatic rings. The predicted octanol–water partition coefficient (Wildman–Crippen LogP) is 1.53. The second kappa shape index (κ2) is 3.15. The normalized spacial score (nSPS) is 12.3. The molecule has 0 spiro atoms. The first-order valence-corrected chi connectivity index (χ1v) is 5.58. The molecule has 1 N–H and O–H groups in total. The van der Waals surface area contributed by atoms with Gasteiger partial charge < -0.3 is 5.11 Å².